The lowest BCUT2D eigenvalue weighted by Gasteiger charge is -2.33. The molecule has 0 spiro atoms. The van der Waals surface area contributed by atoms with Crippen LogP contribution in [0.25, 0.3) is 10.9 Å². The zero-order valence-electron chi connectivity index (χ0n) is 23.9. The maximum absolute atomic E-state index is 12.7. The van der Waals surface area contributed by atoms with Crippen molar-refractivity contribution in [2.24, 2.45) is 0 Å². The van der Waals surface area contributed by atoms with Crippen LogP contribution in [-0.2, 0) is 0 Å². The van der Waals surface area contributed by atoms with Crippen LogP contribution in [0.4, 0.5) is 17.3 Å². The molecule has 5 rings (SSSR count). The van der Waals surface area contributed by atoms with Crippen molar-refractivity contribution in [3.8, 4) is 11.5 Å². The number of anilines is 3. The normalized spacial score (nSPS) is 14.3. The number of likely N-dealkylation sites (N-methyl/N-ethyl adjacent to an activating group) is 1. The molecule has 2 N–H and O–H groups in total. The van der Waals surface area contributed by atoms with Gasteiger partial charge < -0.3 is 25.2 Å². The van der Waals surface area contributed by atoms with E-state index in [1.54, 1.807) is 18.5 Å². The van der Waals surface area contributed by atoms with Crippen molar-refractivity contribution in [3.63, 3.8) is 0 Å². The third-order valence-corrected chi connectivity index (χ3v) is 7.43. The maximum atomic E-state index is 12.7. The van der Waals surface area contributed by atoms with E-state index in [1.807, 2.05) is 57.3 Å². The zero-order chi connectivity index (χ0) is 28.3. The molecular weight excluding hydrogens is 502 g/mol. The van der Waals surface area contributed by atoms with Crippen molar-refractivity contribution < 1.29 is 9.53 Å². The highest BCUT2D eigenvalue weighted by Crippen LogP contribution is 2.31. The van der Waals surface area contributed by atoms with Crippen molar-refractivity contribution in [3.05, 3.63) is 72.2 Å². The Morgan fingerprint density at radius 2 is 1.82 bits per heavy atom. The number of rotatable bonds is 8. The number of nitrogens with zero attached hydrogens (tertiary/aromatic N) is 5. The molecule has 0 bridgehead atoms. The highest BCUT2D eigenvalue weighted by atomic mass is 16.5. The first kappa shape index (κ1) is 27.3. The Balaban J connectivity index is 1.32. The molecule has 0 radical (unpaired) electrons. The van der Waals surface area contributed by atoms with E-state index in [4.69, 9.17) is 4.74 Å². The number of benzene rings is 2. The summed E-state index contributed by atoms with van der Waals surface area (Å²) in [6.07, 6.45) is 4.21. The van der Waals surface area contributed by atoms with E-state index >= 15 is 0 Å². The Morgan fingerprint density at radius 1 is 1.02 bits per heavy atom. The van der Waals surface area contributed by atoms with E-state index in [0.29, 0.717) is 17.1 Å². The number of hydrogen-bond donors (Lipinski definition) is 2. The minimum Gasteiger partial charge on any atom is -0.457 e. The van der Waals surface area contributed by atoms with Crippen LogP contribution in [0.3, 0.4) is 0 Å². The van der Waals surface area contributed by atoms with Crippen LogP contribution in [0, 0.1) is 6.92 Å². The van der Waals surface area contributed by atoms with Gasteiger partial charge in [0.15, 0.2) is 0 Å². The molecule has 2 aromatic carbocycles. The fraction of sp³-hybridized carbons (Fsp3) is 0.355. The summed E-state index contributed by atoms with van der Waals surface area (Å²) in [5.41, 5.74) is 2.92. The average Bonchev–Trinajstić information content (AvgIpc) is 2.95. The van der Waals surface area contributed by atoms with E-state index in [2.05, 4.69) is 55.4 Å². The van der Waals surface area contributed by atoms with Gasteiger partial charge in [0.25, 0.3) is 5.91 Å². The minimum atomic E-state index is -0.273. The lowest BCUT2D eigenvalue weighted by atomic mass is 10.0. The SMILES string of the molecule is CCC(C)(C)NC(=O)c1cccc(Oc2ccc(Nc3ncnc4cnc(N5CCN(C)CC5)cc34)cc2C)c1. The molecular formula is C31H37N7O2. The monoisotopic (exact) mass is 539 g/mol. The number of amides is 1. The fourth-order valence-electron chi connectivity index (χ4n) is 4.53. The molecule has 9 heteroatoms. The smallest absolute Gasteiger partial charge is 0.251 e. The standard InChI is InChI=1S/C31H37N7O2/c1-6-31(3,4)36-30(39)22-8-7-9-24(17-22)40-27-11-10-23(16-21(27)2)35-29-25-18-28(32-19-26(25)33-20-34-29)38-14-12-37(5)13-15-38/h7-11,16-20H,6,12-15H2,1-5H3,(H,36,39)(H,33,34,35). The summed E-state index contributed by atoms with van der Waals surface area (Å²) in [5, 5.41) is 7.45. The van der Waals surface area contributed by atoms with E-state index in [1.165, 1.54) is 0 Å². The molecule has 0 saturated carbocycles. The van der Waals surface area contributed by atoms with E-state index in [9.17, 15) is 4.79 Å². The summed E-state index contributed by atoms with van der Waals surface area (Å²) in [6, 6.07) is 15.2. The summed E-state index contributed by atoms with van der Waals surface area (Å²) in [7, 11) is 2.14. The third kappa shape index (κ3) is 6.31. The minimum absolute atomic E-state index is 0.114. The van der Waals surface area contributed by atoms with Crippen LogP contribution in [0.5, 0.6) is 11.5 Å². The summed E-state index contributed by atoms with van der Waals surface area (Å²) < 4.78 is 6.17. The van der Waals surface area contributed by atoms with Crippen molar-refractivity contribution >= 4 is 34.1 Å². The fourth-order valence-corrected chi connectivity index (χ4v) is 4.53. The molecule has 208 valence electrons. The van der Waals surface area contributed by atoms with Gasteiger partial charge in [-0.15, -0.1) is 0 Å². The van der Waals surface area contributed by atoms with Gasteiger partial charge in [0.05, 0.1) is 11.7 Å². The highest BCUT2D eigenvalue weighted by Gasteiger charge is 2.20. The van der Waals surface area contributed by atoms with Gasteiger partial charge in [-0.25, -0.2) is 15.0 Å². The van der Waals surface area contributed by atoms with Gasteiger partial charge in [-0.3, -0.25) is 4.79 Å². The number of pyridine rings is 1. The Bertz CT molecular complexity index is 1510. The van der Waals surface area contributed by atoms with Crippen LogP contribution in [-0.4, -0.2) is 64.5 Å². The highest BCUT2D eigenvalue weighted by molar-refractivity contribution is 5.95. The second-order valence-electron chi connectivity index (χ2n) is 11.0. The Morgan fingerprint density at radius 3 is 2.58 bits per heavy atom. The second-order valence-corrected chi connectivity index (χ2v) is 11.0. The maximum Gasteiger partial charge on any atom is 0.251 e. The number of ether oxygens (including phenoxy) is 1. The van der Waals surface area contributed by atoms with Crippen molar-refractivity contribution in [2.75, 3.05) is 43.4 Å². The topological polar surface area (TPSA) is 95.5 Å². The van der Waals surface area contributed by atoms with E-state index in [0.717, 1.165) is 66.4 Å². The van der Waals surface area contributed by atoms with Crippen LogP contribution in [0.15, 0.2) is 61.1 Å². The average molecular weight is 540 g/mol. The van der Waals surface area contributed by atoms with Gasteiger partial charge in [0.2, 0.25) is 0 Å². The molecule has 0 aliphatic carbocycles. The Labute approximate surface area is 235 Å². The molecule has 1 saturated heterocycles. The number of aryl methyl sites for hydroxylation is 1. The lowest BCUT2D eigenvalue weighted by molar-refractivity contribution is 0.0911. The molecule has 4 aromatic rings. The number of carbonyl (C=O) groups excluding carboxylic acids is 1. The predicted octanol–water partition coefficient (Wildman–Crippen LogP) is 5.54. The number of aromatic nitrogens is 3. The number of nitrogens with one attached hydrogen (secondary N) is 2. The molecule has 2 aromatic heterocycles. The van der Waals surface area contributed by atoms with Gasteiger partial charge in [-0.05, 0) is 82.3 Å². The quantitative estimate of drug-likeness (QED) is 0.301. The molecule has 1 fully saturated rings. The molecule has 40 heavy (non-hydrogen) atoms. The Hall–Kier alpha value is -4.24. The van der Waals surface area contributed by atoms with Gasteiger partial charge in [0, 0.05) is 48.4 Å². The van der Waals surface area contributed by atoms with E-state index in [-0.39, 0.29) is 11.4 Å². The van der Waals surface area contributed by atoms with Crippen LogP contribution >= 0.6 is 0 Å². The predicted molar refractivity (Wildman–Crippen MR) is 160 cm³/mol. The van der Waals surface area contributed by atoms with Gasteiger partial charge >= 0.3 is 0 Å². The summed E-state index contributed by atoms with van der Waals surface area (Å²) in [6.45, 7) is 12.0. The molecule has 0 unspecified atom stereocenters. The van der Waals surface area contributed by atoms with Gasteiger partial charge in [0.1, 0.15) is 29.5 Å². The molecule has 9 nitrogen and oxygen atoms in total. The van der Waals surface area contributed by atoms with Gasteiger partial charge in [-0.2, -0.15) is 0 Å². The largest absolute Gasteiger partial charge is 0.457 e. The van der Waals surface area contributed by atoms with E-state index < -0.39 is 0 Å². The first-order chi connectivity index (χ1) is 19.2. The molecule has 3 heterocycles. The number of fused-ring (bicyclic) bond motifs is 1. The third-order valence-electron chi connectivity index (χ3n) is 7.43. The first-order valence-electron chi connectivity index (χ1n) is 13.7. The van der Waals surface area contributed by atoms with Crippen molar-refractivity contribution in [2.45, 2.75) is 39.7 Å². The van der Waals surface area contributed by atoms with Crippen molar-refractivity contribution in [1.29, 1.82) is 0 Å². The number of carbonyl (C=O) groups is 1. The van der Waals surface area contributed by atoms with Crippen LogP contribution in [0.1, 0.15) is 43.1 Å². The van der Waals surface area contributed by atoms with Crippen LogP contribution in [0.2, 0.25) is 0 Å². The molecule has 0 atom stereocenters. The second kappa shape index (κ2) is 11.5. The summed E-state index contributed by atoms with van der Waals surface area (Å²) >= 11 is 0. The lowest BCUT2D eigenvalue weighted by Crippen LogP contribution is -2.44. The zero-order valence-corrected chi connectivity index (χ0v) is 23.9. The van der Waals surface area contributed by atoms with Crippen molar-refractivity contribution in [1.82, 2.24) is 25.2 Å². The molecule has 1 aliphatic heterocycles. The molecule has 1 amide bonds. The Kier molecular flexibility index (Phi) is 7.84. The summed E-state index contributed by atoms with van der Waals surface area (Å²) in [5.74, 6) is 2.87. The summed E-state index contributed by atoms with van der Waals surface area (Å²) in [4.78, 5) is 31.0. The van der Waals surface area contributed by atoms with Gasteiger partial charge in [-0.1, -0.05) is 13.0 Å². The number of hydrogen-bond acceptors (Lipinski definition) is 8. The molecule has 1 aliphatic rings. The number of piperazine rings is 1. The first-order valence-corrected chi connectivity index (χ1v) is 13.7. The van der Waals surface area contributed by atoms with Crippen LogP contribution < -0.4 is 20.3 Å².